The number of sulfonamides is 1. The first-order valence-electron chi connectivity index (χ1n) is 4.86. The summed E-state index contributed by atoms with van der Waals surface area (Å²) in [5.74, 6) is 2.87. The van der Waals surface area contributed by atoms with Gasteiger partial charge in [0.1, 0.15) is 17.2 Å². The molecule has 0 bridgehead atoms. The van der Waals surface area contributed by atoms with Crippen molar-refractivity contribution in [2.24, 2.45) is 0 Å². The van der Waals surface area contributed by atoms with Gasteiger partial charge in [-0.25, -0.2) is 13.1 Å². The zero-order valence-electron chi connectivity index (χ0n) is 9.06. The van der Waals surface area contributed by atoms with Crippen molar-refractivity contribution >= 4 is 10.0 Å². The van der Waals surface area contributed by atoms with Gasteiger partial charge in [-0.2, -0.15) is 0 Å². The Bertz CT molecular complexity index is 470. The first kappa shape index (κ1) is 12.7. The standard InChI is InChI=1S/C10H14N2O3S/c1-3-4-5-6-11-16(13,14)8-10-7-9(2)15-12-10/h1,7,11H,4-6,8H2,2H3. The fourth-order valence-electron chi connectivity index (χ4n) is 1.15. The van der Waals surface area contributed by atoms with Gasteiger partial charge in [-0.15, -0.1) is 12.3 Å². The molecule has 0 aromatic carbocycles. The fraction of sp³-hybridized carbons (Fsp3) is 0.500. The first-order chi connectivity index (χ1) is 7.53. The van der Waals surface area contributed by atoms with Crippen LogP contribution < -0.4 is 4.72 Å². The third-order valence-corrected chi connectivity index (χ3v) is 3.15. The van der Waals surface area contributed by atoms with Crippen LogP contribution >= 0.6 is 0 Å². The van der Waals surface area contributed by atoms with Gasteiger partial charge in [0.05, 0.1) is 0 Å². The van der Waals surface area contributed by atoms with E-state index in [-0.39, 0.29) is 5.75 Å². The average molecular weight is 242 g/mol. The molecule has 1 rings (SSSR count). The van der Waals surface area contributed by atoms with E-state index in [1.807, 2.05) is 0 Å². The van der Waals surface area contributed by atoms with Crippen LogP contribution in [0.4, 0.5) is 0 Å². The molecule has 0 saturated heterocycles. The number of rotatable bonds is 6. The predicted octanol–water partition coefficient (Wildman–Crippen LogP) is 0.816. The number of aromatic nitrogens is 1. The summed E-state index contributed by atoms with van der Waals surface area (Å²) in [6.07, 6.45) is 6.25. The van der Waals surface area contributed by atoms with E-state index in [1.165, 1.54) is 0 Å². The fourth-order valence-corrected chi connectivity index (χ4v) is 2.23. The SMILES string of the molecule is C#CCCCNS(=O)(=O)Cc1cc(C)on1. The van der Waals surface area contributed by atoms with Crippen LogP contribution in [0.1, 0.15) is 24.3 Å². The summed E-state index contributed by atoms with van der Waals surface area (Å²) >= 11 is 0. The summed E-state index contributed by atoms with van der Waals surface area (Å²) in [5, 5.41) is 3.62. The summed E-state index contributed by atoms with van der Waals surface area (Å²) in [6.45, 7) is 2.06. The Morgan fingerprint density at radius 3 is 2.94 bits per heavy atom. The normalized spacial score (nSPS) is 11.2. The monoisotopic (exact) mass is 242 g/mol. The second kappa shape index (κ2) is 5.68. The number of terminal acetylenes is 1. The molecule has 0 spiro atoms. The van der Waals surface area contributed by atoms with E-state index in [9.17, 15) is 8.42 Å². The van der Waals surface area contributed by atoms with E-state index in [1.54, 1.807) is 13.0 Å². The number of hydrogen-bond acceptors (Lipinski definition) is 4. The van der Waals surface area contributed by atoms with Gasteiger partial charge < -0.3 is 4.52 Å². The van der Waals surface area contributed by atoms with Crippen molar-refractivity contribution in [3.8, 4) is 12.3 Å². The molecule has 0 fully saturated rings. The predicted molar refractivity (Wildman–Crippen MR) is 59.9 cm³/mol. The second-order valence-electron chi connectivity index (χ2n) is 3.39. The Kier molecular flexibility index (Phi) is 4.52. The molecule has 0 saturated carbocycles. The molecule has 0 radical (unpaired) electrons. The van der Waals surface area contributed by atoms with Crippen molar-refractivity contribution in [2.45, 2.75) is 25.5 Å². The molecule has 1 aromatic rings. The Hall–Kier alpha value is -1.32. The Morgan fingerprint density at radius 1 is 1.62 bits per heavy atom. The Morgan fingerprint density at radius 2 is 2.38 bits per heavy atom. The molecule has 0 aliphatic heterocycles. The van der Waals surface area contributed by atoms with Gasteiger partial charge in [-0.05, 0) is 13.3 Å². The number of nitrogens with zero attached hydrogens (tertiary/aromatic N) is 1. The lowest BCUT2D eigenvalue weighted by atomic mass is 10.3. The molecule has 0 atom stereocenters. The van der Waals surface area contributed by atoms with Gasteiger partial charge in [0.15, 0.2) is 0 Å². The largest absolute Gasteiger partial charge is 0.361 e. The minimum atomic E-state index is -3.34. The molecule has 16 heavy (non-hydrogen) atoms. The Balaban J connectivity index is 2.43. The van der Waals surface area contributed by atoms with Crippen LogP contribution in [0.25, 0.3) is 0 Å². The zero-order valence-corrected chi connectivity index (χ0v) is 9.88. The van der Waals surface area contributed by atoms with Crippen LogP contribution in [0.2, 0.25) is 0 Å². The third kappa shape index (κ3) is 4.47. The van der Waals surface area contributed by atoms with Crippen molar-refractivity contribution in [3.05, 3.63) is 17.5 Å². The highest BCUT2D eigenvalue weighted by Crippen LogP contribution is 2.05. The second-order valence-corrected chi connectivity index (χ2v) is 5.20. The van der Waals surface area contributed by atoms with Crippen LogP contribution in [0.15, 0.2) is 10.6 Å². The molecular weight excluding hydrogens is 228 g/mol. The minimum Gasteiger partial charge on any atom is -0.361 e. The molecule has 5 nitrogen and oxygen atoms in total. The molecule has 1 heterocycles. The van der Waals surface area contributed by atoms with E-state index >= 15 is 0 Å². The van der Waals surface area contributed by atoms with E-state index < -0.39 is 10.0 Å². The summed E-state index contributed by atoms with van der Waals surface area (Å²) in [6, 6.07) is 1.60. The highest BCUT2D eigenvalue weighted by Gasteiger charge is 2.13. The van der Waals surface area contributed by atoms with Crippen LogP contribution in [0.5, 0.6) is 0 Å². The van der Waals surface area contributed by atoms with Crippen molar-refractivity contribution < 1.29 is 12.9 Å². The van der Waals surface area contributed by atoms with Crippen molar-refractivity contribution in [1.29, 1.82) is 0 Å². The van der Waals surface area contributed by atoms with E-state index in [4.69, 9.17) is 10.9 Å². The smallest absolute Gasteiger partial charge is 0.217 e. The Labute approximate surface area is 95.3 Å². The minimum absolute atomic E-state index is 0.166. The van der Waals surface area contributed by atoms with Gasteiger partial charge in [0.25, 0.3) is 0 Å². The van der Waals surface area contributed by atoms with Crippen molar-refractivity contribution in [2.75, 3.05) is 6.54 Å². The lowest BCUT2D eigenvalue weighted by molar-refractivity contribution is 0.392. The van der Waals surface area contributed by atoms with E-state index in [2.05, 4.69) is 15.8 Å². The topological polar surface area (TPSA) is 72.2 Å². The maximum Gasteiger partial charge on any atom is 0.217 e. The van der Waals surface area contributed by atoms with Gasteiger partial charge in [0.2, 0.25) is 10.0 Å². The molecule has 6 heteroatoms. The van der Waals surface area contributed by atoms with Gasteiger partial charge in [0, 0.05) is 19.0 Å². The zero-order chi connectivity index (χ0) is 12.0. The van der Waals surface area contributed by atoms with Crippen LogP contribution in [0, 0.1) is 19.3 Å². The van der Waals surface area contributed by atoms with Gasteiger partial charge in [-0.1, -0.05) is 5.16 Å². The van der Waals surface area contributed by atoms with Gasteiger partial charge in [-0.3, -0.25) is 0 Å². The molecule has 0 aliphatic carbocycles. The van der Waals surface area contributed by atoms with Crippen LogP contribution in [0.3, 0.4) is 0 Å². The molecule has 0 unspecified atom stereocenters. The molecule has 0 aliphatic rings. The first-order valence-corrected chi connectivity index (χ1v) is 6.52. The van der Waals surface area contributed by atoms with Crippen molar-refractivity contribution in [1.82, 2.24) is 9.88 Å². The maximum atomic E-state index is 11.5. The highest BCUT2D eigenvalue weighted by molar-refractivity contribution is 7.88. The summed E-state index contributed by atoms with van der Waals surface area (Å²) in [5.41, 5.74) is 0.405. The maximum absolute atomic E-state index is 11.5. The molecular formula is C10H14N2O3S. The number of nitrogens with one attached hydrogen (secondary N) is 1. The lowest BCUT2D eigenvalue weighted by Crippen LogP contribution is -2.26. The number of unbranched alkanes of at least 4 members (excludes halogenated alkanes) is 1. The number of hydrogen-bond donors (Lipinski definition) is 1. The van der Waals surface area contributed by atoms with Crippen molar-refractivity contribution in [3.63, 3.8) is 0 Å². The summed E-state index contributed by atoms with van der Waals surface area (Å²) in [7, 11) is -3.34. The highest BCUT2D eigenvalue weighted by atomic mass is 32.2. The molecule has 1 aromatic heterocycles. The van der Waals surface area contributed by atoms with Gasteiger partial charge >= 0.3 is 0 Å². The quantitative estimate of drug-likeness (QED) is 0.592. The molecule has 88 valence electrons. The van der Waals surface area contributed by atoms with Crippen LogP contribution in [-0.2, 0) is 15.8 Å². The summed E-state index contributed by atoms with van der Waals surface area (Å²) in [4.78, 5) is 0. The van der Waals surface area contributed by atoms with E-state index in [0.29, 0.717) is 30.8 Å². The third-order valence-electron chi connectivity index (χ3n) is 1.83. The molecule has 1 N–H and O–H groups in total. The van der Waals surface area contributed by atoms with E-state index in [0.717, 1.165) is 0 Å². The summed E-state index contributed by atoms with van der Waals surface area (Å²) < 4.78 is 30.3. The lowest BCUT2D eigenvalue weighted by Gasteiger charge is -2.02. The molecule has 0 amide bonds. The van der Waals surface area contributed by atoms with Crippen LogP contribution in [-0.4, -0.2) is 20.1 Å². The average Bonchev–Trinajstić information content (AvgIpc) is 2.58. The number of aryl methyl sites for hydroxylation is 1.